The van der Waals surface area contributed by atoms with Crippen molar-refractivity contribution in [1.82, 2.24) is 0 Å². The highest BCUT2D eigenvalue weighted by Gasteiger charge is 2.08. The van der Waals surface area contributed by atoms with Crippen molar-refractivity contribution in [2.75, 3.05) is 13.2 Å². The molecule has 0 aliphatic carbocycles. The van der Waals surface area contributed by atoms with Crippen LogP contribution < -0.4 is 4.74 Å². The third-order valence-corrected chi connectivity index (χ3v) is 7.74. The Morgan fingerprint density at radius 2 is 1.15 bits per heavy atom. The summed E-state index contributed by atoms with van der Waals surface area (Å²) in [5.41, 5.74) is 3.12. The van der Waals surface area contributed by atoms with Gasteiger partial charge in [0, 0.05) is 0 Å². The minimum Gasteiger partial charge on any atom is -0.494 e. The van der Waals surface area contributed by atoms with Crippen molar-refractivity contribution >= 4 is 16.7 Å². The van der Waals surface area contributed by atoms with Gasteiger partial charge < -0.3 is 9.47 Å². The summed E-state index contributed by atoms with van der Waals surface area (Å²) in [6.07, 6.45) is 19.5. The van der Waals surface area contributed by atoms with Crippen LogP contribution >= 0.6 is 0 Å². The van der Waals surface area contributed by atoms with Crippen molar-refractivity contribution in [2.24, 2.45) is 0 Å². The van der Waals surface area contributed by atoms with Gasteiger partial charge in [0.2, 0.25) is 0 Å². The van der Waals surface area contributed by atoms with Crippen LogP contribution in [0, 0.1) is 0 Å². The third-order valence-electron chi connectivity index (χ3n) is 7.74. The van der Waals surface area contributed by atoms with Crippen molar-refractivity contribution in [1.29, 1.82) is 0 Å². The molecule has 0 aliphatic rings. The molecule has 0 amide bonds. The number of unbranched alkanes of at least 4 members (excludes halogenated alkanes) is 12. The summed E-state index contributed by atoms with van der Waals surface area (Å²) in [5, 5.41) is 2.45. The van der Waals surface area contributed by atoms with Gasteiger partial charge in [0.05, 0.1) is 18.8 Å². The minimum atomic E-state index is -0.207. The average molecular weight is 545 g/mol. The summed E-state index contributed by atoms with van der Waals surface area (Å²) >= 11 is 0. The first-order chi connectivity index (χ1) is 19.7. The summed E-state index contributed by atoms with van der Waals surface area (Å²) in [4.78, 5) is 12.5. The Morgan fingerprint density at radius 3 is 1.85 bits per heavy atom. The Morgan fingerprint density at radius 1 is 0.575 bits per heavy atom. The number of fused-ring (bicyclic) bond motifs is 1. The molecule has 0 aliphatic heterocycles. The topological polar surface area (TPSA) is 35.5 Å². The van der Waals surface area contributed by atoms with Gasteiger partial charge in [-0.2, -0.15) is 0 Å². The van der Waals surface area contributed by atoms with Gasteiger partial charge in [-0.3, -0.25) is 0 Å². The molecule has 0 saturated carbocycles. The molecular formula is C37H52O3. The van der Waals surface area contributed by atoms with E-state index in [4.69, 9.17) is 9.47 Å². The van der Waals surface area contributed by atoms with Crippen LogP contribution in [-0.4, -0.2) is 19.2 Å². The Hall–Kier alpha value is -2.81. The second-order valence-electron chi connectivity index (χ2n) is 11.3. The van der Waals surface area contributed by atoms with Crippen LogP contribution in [0.1, 0.15) is 125 Å². The van der Waals surface area contributed by atoms with Gasteiger partial charge in [-0.1, -0.05) is 127 Å². The Labute approximate surface area is 243 Å². The number of hydrogen-bond acceptors (Lipinski definition) is 3. The largest absolute Gasteiger partial charge is 0.494 e. The lowest BCUT2D eigenvalue weighted by atomic mass is 10.00. The van der Waals surface area contributed by atoms with E-state index in [-0.39, 0.29) is 5.97 Å². The fourth-order valence-electron chi connectivity index (χ4n) is 5.22. The molecule has 0 saturated heterocycles. The highest BCUT2D eigenvalue weighted by Crippen LogP contribution is 2.23. The van der Waals surface area contributed by atoms with Crippen LogP contribution in [0.4, 0.5) is 0 Å². The maximum atomic E-state index is 12.5. The number of esters is 1. The van der Waals surface area contributed by atoms with Crippen LogP contribution in [-0.2, 0) is 17.6 Å². The monoisotopic (exact) mass is 544 g/mol. The van der Waals surface area contributed by atoms with E-state index in [0.29, 0.717) is 12.2 Å². The van der Waals surface area contributed by atoms with E-state index in [1.807, 2.05) is 18.2 Å². The highest BCUT2D eigenvalue weighted by molar-refractivity contribution is 5.89. The zero-order valence-corrected chi connectivity index (χ0v) is 25.2. The molecule has 3 aromatic carbocycles. The highest BCUT2D eigenvalue weighted by atomic mass is 16.5. The number of ether oxygens (including phenoxy) is 2. The van der Waals surface area contributed by atoms with Crippen molar-refractivity contribution in [2.45, 2.75) is 117 Å². The van der Waals surface area contributed by atoms with Gasteiger partial charge in [-0.15, -0.1) is 0 Å². The van der Waals surface area contributed by atoms with E-state index in [1.54, 1.807) is 0 Å². The molecule has 0 N–H and O–H groups in total. The van der Waals surface area contributed by atoms with E-state index in [0.717, 1.165) is 44.5 Å². The second kappa shape index (κ2) is 19.3. The summed E-state index contributed by atoms with van der Waals surface area (Å²) in [6.45, 7) is 5.80. The molecule has 0 fully saturated rings. The number of carbonyl (C=O) groups is 1. The fraction of sp³-hybridized carbons (Fsp3) is 0.541. The summed E-state index contributed by atoms with van der Waals surface area (Å²) < 4.78 is 11.6. The molecule has 0 unspecified atom stereocenters. The maximum Gasteiger partial charge on any atom is 0.338 e. The number of hydrogen-bond donors (Lipinski definition) is 0. The van der Waals surface area contributed by atoms with E-state index in [2.05, 4.69) is 56.3 Å². The lowest BCUT2D eigenvalue weighted by Gasteiger charge is -2.09. The smallest absolute Gasteiger partial charge is 0.338 e. The molecule has 3 aromatic rings. The van der Waals surface area contributed by atoms with Crippen LogP contribution in [0.15, 0.2) is 60.7 Å². The first-order valence-electron chi connectivity index (χ1n) is 16.1. The van der Waals surface area contributed by atoms with Gasteiger partial charge in [-0.05, 0) is 71.8 Å². The Bertz CT molecular complexity index is 1120. The van der Waals surface area contributed by atoms with Crippen molar-refractivity contribution in [3.63, 3.8) is 0 Å². The van der Waals surface area contributed by atoms with Crippen LogP contribution in [0.2, 0.25) is 0 Å². The minimum absolute atomic E-state index is 0.207. The molecule has 0 atom stereocenters. The molecule has 3 heteroatoms. The SMILES string of the molecule is CCCCCCCCCCOc1ccc2cc(CCc3cccc(C(=O)OCCCCCCCC)c3)ccc2c1. The van der Waals surface area contributed by atoms with E-state index < -0.39 is 0 Å². The predicted molar refractivity (Wildman–Crippen MR) is 170 cm³/mol. The zero-order chi connectivity index (χ0) is 28.3. The summed E-state index contributed by atoms with van der Waals surface area (Å²) in [5.74, 6) is 0.755. The summed E-state index contributed by atoms with van der Waals surface area (Å²) in [7, 11) is 0. The molecule has 0 aromatic heterocycles. The van der Waals surface area contributed by atoms with E-state index >= 15 is 0 Å². The van der Waals surface area contributed by atoms with Crippen LogP contribution in [0.3, 0.4) is 0 Å². The van der Waals surface area contributed by atoms with Crippen LogP contribution in [0.5, 0.6) is 5.75 Å². The maximum absolute atomic E-state index is 12.5. The van der Waals surface area contributed by atoms with Gasteiger partial charge in [0.1, 0.15) is 5.75 Å². The lowest BCUT2D eigenvalue weighted by molar-refractivity contribution is 0.0497. The lowest BCUT2D eigenvalue weighted by Crippen LogP contribution is -2.07. The van der Waals surface area contributed by atoms with Gasteiger partial charge in [0.15, 0.2) is 0 Å². The van der Waals surface area contributed by atoms with Gasteiger partial charge >= 0.3 is 5.97 Å². The number of benzene rings is 3. The number of aryl methyl sites for hydroxylation is 2. The zero-order valence-electron chi connectivity index (χ0n) is 25.2. The van der Waals surface area contributed by atoms with E-state index in [9.17, 15) is 4.79 Å². The molecule has 3 nitrogen and oxygen atoms in total. The number of carbonyl (C=O) groups excluding carboxylic acids is 1. The molecule has 40 heavy (non-hydrogen) atoms. The molecule has 3 rings (SSSR count). The van der Waals surface area contributed by atoms with Crippen LogP contribution in [0.25, 0.3) is 10.8 Å². The standard InChI is InChI=1S/C37H52O3/c1-3-5-7-9-11-12-14-15-26-39-36-25-24-33-28-32(22-23-34(33)30-36)21-20-31-18-17-19-35(29-31)37(38)40-27-16-13-10-8-6-4-2/h17-19,22-25,28-30H,3-16,20-21,26-27H2,1-2H3. The van der Waals surface area contributed by atoms with E-state index in [1.165, 1.54) is 92.5 Å². The fourth-order valence-corrected chi connectivity index (χ4v) is 5.22. The Kier molecular flexibility index (Phi) is 15.3. The van der Waals surface area contributed by atoms with Gasteiger partial charge in [0.25, 0.3) is 0 Å². The second-order valence-corrected chi connectivity index (χ2v) is 11.3. The molecule has 0 heterocycles. The molecular weight excluding hydrogens is 492 g/mol. The molecule has 0 spiro atoms. The average Bonchev–Trinajstić information content (AvgIpc) is 2.98. The quantitative estimate of drug-likeness (QED) is 0.0988. The Balaban J connectivity index is 1.39. The first kappa shape index (κ1) is 31.7. The predicted octanol–water partition coefficient (Wildman–Crippen LogP) is 10.7. The molecule has 0 radical (unpaired) electrons. The first-order valence-corrected chi connectivity index (χ1v) is 16.1. The molecule has 218 valence electrons. The van der Waals surface area contributed by atoms with Gasteiger partial charge in [-0.25, -0.2) is 4.79 Å². The number of rotatable bonds is 21. The molecule has 0 bridgehead atoms. The van der Waals surface area contributed by atoms with Crippen molar-refractivity contribution in [3.05, 3.63) is 77.4 Å². The van der Waals surface area contributed by atoms with Crippen molar-refractivity contribution < 1.29 is 14.3 Å². The summed E-state index contributed by atoms with van der Waals surface area (Å²) in [6, 6.07) is 21.0. The van der Waals surface area contributed by atoms with Crippen molar-refractivity contribution in [3.8, 4) is 5.75 Å². The normalized spacial score (nSPS) is 11.2. The third kappa shape index (κ3) is 12.1.